The molecule has 2 rings (SSSR count). The molecule has 0 aromatic heterocycles. The van der Waals surface area contributed by atoms with Gasteiger partial charge in [-0.1, -0.05) is 49.2 Å². The van der Waals surface area contributed by atoms with Crippen LogP contribution in [-0.2, 0) is 9.59 Å². The van der Waals surface area contributed by atoms with E-state index >= 15 is 0 Å². The average molecular weight is 521 g/mol. The van der Waals surface area contributed by atoms with Gasteiger partial charge in [-0.05, 0) is 69.0 Å². The molecule has 2 atom stereocenters. The SMILES string of the molecule is CCN(CC)c1ccc(/C=N\NC(=O)[C@H](CC(C)C)NC(=O)[C@@H](C)Oc2ccc(Cl)cc2Cl)cc1. The Morgan fingerprint density at radius 2 is 1.69 bits per heavy atom. The van der Waals surface area contributed by atoms with Crippen LogP contribution in [0.3, 0.4) is 0 Å². The minimum absolute atomic E-state index is 0.171. The van der Waals surface area contributed by atoms with E-state index in [1.165, 1.54) is 6.07 Å². The third-order valence-corrected chi connectivity index (χ3v) is 5.85. The van der Waals surface area contributed by atoms with E-state index < -0.39 is 24.0 Å². The summed E-state index contributed by atoms with van der Waals surface area (Å²) in [6.07, 6.45) is 1.15. The van der Waals surface area contributed by atoms with Crippen molar-refractivity contribution < 1.29 is 14.3 Å². The number of carbonyl (C=O) groups is 2. The molecule has 2 amide bonds. The van der Waals surface area contributed by atoms with Crippen molar-refractivity contribution in [2.24, 2.45) is 11.0 Å². The summed E-state index contributed by atoms with van der Waals surface area (Å²) in [6, 6.07) is 11.9. The van der Waals surface area contributed by atoms with E-state index in [-0.39, 0.29) is 5.92 Å². The number of nitrogens with zero attached hydrogens (tertiary/aromatic N) is 2. The lowest BCUT2D eigenvalue weighted by Crippen LogP contribution is -2.49. The molecule has 190 valence electrons. The fourth-order valence-electron chi connectivity index (χ4n) is 3.42. The summed E-state index contributed by atoms with van der Waals surface area (Å²) in [6.45, 7) is 11.6. The van der Waals surface area contributed by atoms with Gasteiger partial charge in [0, 0.05) is 23.8 Å². The summed E-state index contributed by atoms with van der Waals surface area (Å²) < 4.78 is 5.66. The van der Waals surface area contributed by atoms with Gasteiger partial charge in [0.1, 0.15) is 11.8 Å². The molecule has 0 spiro atoms. The maximum Gasteiger partial charge on any atom is 0.262 e. The van der Waals surface area contributed by atoms with Gasteiger partial charge in [-0.15, -0.1) is 0 Å². The molecule has 2 aromatic carbocycles. The number of halogens is 2. The summed E-state index contributed by atoms with van der Waals surface area (Å²) in [5.41, 5.74) is 4.52. The predicted molar refractivity (Wildman–Crippen MR) is 144 cm³/mol. The zero-order valence-corrected chi connectivity index (χ0v) is 22.4. The molecule has 0 aliphatic rings. The first-order valence-electron chi connectivity index (χ1n) is 11.7. The lowest BCUT2D eigenvalue weighted by molar-refractivity contribution is -0.132. The molecule has 0 saturated carbocycles. The van der Waals surface area contributed by atoms with Gasteiger partial charge in [0.25, 0.3) is 11.8 Å². The van der Waals surface area contributed by atoms with Crippen LogP contribution in [-0.4, -0.2) is 43.3 Å². The Morgan fingerprint density at radius 3 is 2.26 bits per heavy atom. The molecule has 9 heteroatoms. The van der Waals surface area contributed by atoms with Crippen LogP contribution in [0.25, 0.3) is 0 Å². The Morgan fingerprint density at radius 1 is 1.03 bits per heavy atom. The molecule has 0 aliphatic carbocycles. The molecule has 0 fully saturated rings. The van der Waals surface area contributed by atoms with Gasteiger partial charge >= 0.3 is 0 Å². The minimum Gasteiger partial charge on any atom is -0.479 e. The number of hydrazone groups is 1. The van der Waals surface area contributed by atoms with Gasteiger partial charge in [0.15, 0.2) is 6.10 Å². The van der Waals surface area contributed by atoms with Crippen LogP contribution in [0.5, 0.6) is 5.75 Å². The molecule has 0 saturated heterocycles. The fraction of sp³-hybridized carbons (Fsp3) is 0.423. The van der Waals surface area contributed by atoms with Crippen molar-refractivity contribution in [3.8, 4) is 5.75 Å². The molecule has 35 heavy (non-hydrogen) atoms. The zero-order chi connectivity index (χ0) is 26.0. The van der Waals surface area contributed by atoms with E-state index in [2.05, 4.69) is 34.6 Å². The first-order valence-corrected chi connectivity index (χ1v) is 12.5. The van der Waals surface area contributed by atoms with E-state index in [9.17, 15) is 9.59 Å². The molecule has 2 N–H and O–H groups in total. The second-order valence-electron chi connectivity index (χ2n) is 8.52. The molecule has 2 aromatic rings. The van der Waals surface area contributed by atoms with Crippen molar-refractivity contribution in [1.82, 2.24) is 10.7 Å². The summed E-state index contributed by atoms with van der Waals surface area (Å²) >= 11 is 12.0. The zero-order valence-electron chi connectivity index (χ0n) is 20.8. The lowest BCUT2D eigenvalue weighted by atomic mass is 10.0. The van der Waals surface area contributed by atoms with E-state index in [4.69, 9.17) is 27.9 Å². The Bertz CT molecular complexity index is 1010. The van der Waals surface area contributed by atoms with Crippen molar-refractivity contribution in [3.63, 3.8) is 0 Å². The summed E-state index contributed by atoms with van der Waals surface area (Å²) in [7, 11) is 0. The number of rotatable bonds is 12. The summed E-state index contributed by atoms with van der Waals surface area (Å²) in [4.78, 5) is 27.7. The molecule has 7 nitrogen and oxygen atoms in total. The van der Waals surface area contributed by atoms with Gasteiger partial charge in [-0.3, -0.25) is 9.59 Å². The van der Waals surface area contributed by atoms with Crippen molar-refractivity contribution >= 4 is 46.9 Å². The van der Waals surface area contributed by atoms with Gasteiger partial charge in [0.05, 0.1) is 11.2 Å². The highest BCUT2D eigenvalue weighted by Gasteiger charge is 2.25. The maximum absolute atomic E-state index is 12.8. The first kappa shape index (κ1) is 28.5. The molecule has 0 aliphatic heterocycles. The molecule has 0 bridgehead atoms. The third kappa shape index (κ3) is 9.07. The van der Waals surface area contributed by atoms with Crippen molar-refractivity contribution in [3.05, 3.63) is 58.1 Å². The molecule has 0 unspecified atom stereocenters. The van der Waals surface area contributed by atoms with Crippen LogP contribution in [0.2, 0.25) is 10.0 Å². The highest BCUT2D eigenvalue weighted by Crippen LogP contribution is 2.28. The molecular weight excluding hydrogens is 487 g/mol. The van der Waals surface area contributed by atoms with E-state index in [0.717, 1.165) is 24.3 Å². The normalized spacial score (nSPS) is 12.9. The van der Waals surface area contributed by atoms with Crippen molar-refractivity contribution in [2.45, 2.75) is 53.2 Å². The minimum atomic E-state index is -0.871. The Kier molecular flexibility index (Phi) is 11.3. The second kappa shape index (κ2) is 14.0. The average Bonchev–Trinajstić information content (AvgIpc) is 2.81. The number of hydrogen-bond acceptors (Lipinski definition) is 5. The standard InChI is InChI=1S/C26H34Cl2N4O3/c1-6-32(7-2)21-11-8-19(9-12-21)16-29-31-26(34)23(14-17(3)4)30-25(33)18(5)35-24-13-10-20(27)15-22(24)28/h8-13,15-18,23H,6-7,14H2,1-5H3,(H,30,33)(H,31,34)/b29-16-/t18-,23+/m1/s1. The highest BCUT2D eigenvalue weighted by molar-refractivity contribution is 6.35. The molecular formula is C26H34Cl2N4O3. The number of hydrogen-bond donors (Lipinski definition) is 2. The topological polar surface area (TPSA) is 83.0 Å². The Labute approximate surface area is 217 Å². The third-order valence-electron chi connectivity index (χ3n) is 5.32. The predicted octanol–water partition coefficient (Wildman–Crippen LogP) is 5.29. The van der Waals surface area contributed by atoms with E-state index in [0.29, 0.717) is 22.2 Å². The van der Waals surface area contributed by atoms with Gasteiger partial charge in [-0.25, -0.2) is 5.43 Å². The summed E-state index contributed by atoms with van der Waals surface area (Å²) in [5.74, 6) is -0.336. The van der Waals surface area contributed by atoms with Gasteiger partial charge < -0.3 is 15.0 Å². The number of benzene rings is 2. The van der Waals surface area contributed by atoms with Crippen LogP contribution in [0.15, 0.2) is 47.6 Å². The van der Waals surface area contributed by atoms with Crippen molar-refractivity contribution in [1.29, 1.82) is 0 Å². The molecule has 0 radical (unpaired) electrons. The molecule has 0 heterocycles. The van der Waals surface area contributed by atoms with E-state index in [1.54, 1.807) is 25.3 Å². The summed E-state index contributed by atoms with van der Waals surface area (Å²) in [5, 5.41) is 7.59. The number of ether oxygens (including phenoxy) is 1. The van der Waals surface area contributed by atoms with Gasteiger partial charge in [0.2, 0.25) is 0 Å². The quantitative estimate of drug-likeness (QED) is 0.294. The monoisotopic (exact) mass is 520 g/mol. The first-order chi connectivity index (χ1) is 16.6. The number of amides is 2. The number of nitrogens with one attached hydrogen (secondary N) is 2. The van der Waals surface area contributed by atoms with Crippen molar-refractivity contribution in [2.75, 3.05) is 18.0 Å². The number of anilines is 1. The van der Waals surface area contributed by atoms with Gasteiger partial charge in [-0.2, -0.15) is 5.10 Å². The Hall–Kier alpha value is -2.77. The highest BCUT2D eigenvalue weighted by atomic mass is 35.5. The van der Waals surface area contributed by atoms with Crippen LogP contribution in [0, 0.1) is 5.92 Å². The van der Waals surface area contributed by atoms with E-state index in [1.807, 2.05) is 38.1 Å². The fourth-order valence-corrected chi connectivity index (χ4v) is 3.87. The lowest BCUT2D eigenvalue weighted by Gasteiger charge is -2.22. The number of carbonyl (C=O) groups excluding carboxylic acids is 2. The van der Waals surface area contributed by atoms with Crippen LogP contribution in [0.4, 0.5) is 5.69 Å². The Balaban J connectivity index is 1.98. The van der Waals surface area contributed by atoms with Crippen LogP contribution in [0.1, 0.15) is 46.6 Å². The van der Waals surface area contributed by atoms with Crippen LogP contribution >= 0.6 is 23.2 Å². The maximum atomic E-state index is 12.8. The largest absolute Gasteiger partial charge is 0.479 e. The van der Waals surface area contributed by atoms with Crippen LogP contribution < -0.4 is 20.4 Å². The smallest absolute Gasteiger partial charge is 0.262 e. The second-order valence-corrected chi connectivity index (χ2v) is 9.37.